The molecular formula is C13H20ClN. The molecule has 1 nitrogen and oxygen atoms in total. The first kappa shape index (κ1) is 12.5. The highest BCUT2D eigenvalue weighted by atomic mass is 35.5. The number of nitrogens with one attached hydrogen (secondary N) is 1. The average Bonchev–Trinajstić information content (AvgIpc) is 2.18. The minimum Gasteiger partial charge on any atom is -0.315 e. The van der Waals surface area contributed by atoms with Crippen LogP contribution in [0.2, 0.25) is 5.02 Å². The maximum Gasteiger partial charge on any atom is 0.0406 e. The van der Waals surface area contributed by atoms with E-state index in [2.05, 4.69) is 38.2 Å². The van der Waals surface area contributed by atoms with Crippen LogP contribution >= 0.6 is 11.6 Å². The summed E-state index contributed by atoms with van der Waals surface area (Å²) in [6, 6.07) is 8.72. The molecular weight excluding hydrogens is 206 g/mol. The fourth-order valence-electron chi connectivity index (χ4n) is 1.55. The smallest absolute Gasteiger partial charge is 0.0406 e. The molecule has 1 rings (SSSR count). The second-order valence-electron chi connectivity index (χ2n) is 4.35. The number of hydrogen-bond donors (Lipinski definition) is 1. The lowest BCUT2D eigenvalue weighted by atomic mass is 9.98. The Morgan fingerprint density at radius 3 is 2.27 bits per heavy atom. The summed E-state index contributed by atoms with van der Waals surface area (Å²) < 4.78 is 0. The lowest BCUT2D eigenvalue weighted by Crippen LogP contribution is -2.24. The van der Waals surface area contributed by atoms with Crippen molar-refractivity contribution in [1.29, 1.82) is 0 Å². The van der Waals surface area contributed by atoms with Crippen LogP contribution in [0.25, 0.3) is 0 Å². The minimum atomic E-state index is 0.572. The largest absolute Gasteiger partial charge is 0.315 e. The molecule has 0 saturated heterocycles. The fraction of sp³-hybridized carbons (Fsp3) is 0.538. The van der Waals surface area contributed by atoms with E-state index in [9.17, 15) is 0 Å². The van der Waals surface area contributed by atoms with Crippen molar-refractivity contribution >= 4 is 11.6 Å². The van der Waals surface area contributed by atoms with Gasteiger partial charge in [0, 0.05) is 11.1 Å². The van der Waals surface area contributed by atoms with Crippen molar-refractivity contribution in [1.82, 2.24) is 5.32 Å². The van der Waals surface area contributed by atoms with Crippen molar-refractivity contribution in [2.24, 2.45) is 0 Å². The zero-order chi connectivity index (χ0) is 11.3. The van der Waals surface area contributed by atoms with E-state index in [-0.39, 0.29) is 0 Å². The maximum atomic E-state index is 5.85. The maximum absolute atomic E-state index is 5.85. The minimum absolute atomic E-state index is 0.572. The van der Waals surface area contributed by atoms with E-state index in [1.165, 1.54) is 12.0 Å². The Hall–Kier alpha value is -0.530. The normalized spacial score (nSPS) is 13.1. The average molecular weight is 226 g/mol. The lowest BCUT2D eigenvalue weighted by molar-refractivity contribution is 0.541. The van der Waals surface area contributed by atoms with Gasteiger partial charge in [0.05, 0.1) is 0 Å². The van der Waals surface area contributed by atoms with E-state index in [0.29, 0.717) is 12.0 Å². The molecule has 1 unspecified atom stereocenters. The molecule has 0 radical (unpaired) electrons. The van der Waals surface area contributed by atoms with Gasteiger partial charge in [-0.2, -0.15) is 0 Å². The van der Waals surface area contributed by atoms with Gasteiger partial charge in [-0.05, 0) is 36.6 Å². The Labute approximate surface area is 97.8 Å². The van der Waals surface area contributed by atoms with Crippen LogP contribution in [0, 0.1) is 0 Å². The van der Waals surface area contributed by atoms with Gasteiger partial charge in [-0.1, -0.05) is 44.5 Å². The van der Waals surface area contributed by atoms with Crippen LogP contribution in [-0.2, 0) is 0 Å². The molecule has 0 bridgehead atoms. The Balaban J connectivity index is 2.40. The number of rotatable bonds is 5. The standard InChI is InChI=1S/C13H20ClN/c1-10(2)15-9-8-11(3)12-4-6-13(14)7-5-12/h4-7,10-11,15H,8-9H2,1-3H3. The second-order valence-corrected chi connectivity index (χ2v) is 4.79. The molecule has 0 fully saturated rings. The van der Waals surface area contributed by atoms with E-state index in [1.807, 2.05) is 12.1 Å². The van der Waals surface area contributed by atoms with Crippen LogP contribution in [0.15, 0.2) is 24.3 Å². The van der Waals surface area contributed by atoms with Crippen LogP contribution in [0.5, 0.6) is 0 Å². The highest BCUT2D eigenvalue weighted by Crippen LogP contribution is 2.20. The zero-order valence-electron chi connectivity index (χ0n) is 9.76. The number of halogens is 1. The van der Waals surface area contributed by atoms with Gasteiger partial charge in [0.2, 0.25) is 0 Å². The SMILES string of the molecule is CC(C)NCCC(C)c1ccc(Cl)cc1. The molecule has 2 heteroatoms. The summed E-state index contributed by atoms with van der Waals surface area (Å²) in [5, 5.41) is 4.24. The molecule has 0 spiro atoms. The van der Waals surface area contributed by atoms with Crippen LogP contribution < -0.4 is 5.32 Å². The van der Waals surface area contributed by atoms with Gasteiger partial charge < -0.3 is 5.32 Å². The Morgan fingerprint density at radius 2 is 1.73 bits per heavy atom. The van der Waals surface area contributed by atoms with Crippen LogP contribution in [0.1, 0.15) is 38.7 Å². The fourth-order valence-corrected chi connectivity index (χ4v) is 1.67. The Bertz CT molecular complexity index is 279. The van der Waals surface area contributed by atoms with Gasteiger partial charge in [-0.3, -0.25) is 0 Å². The predicted molar refractivity (Wildman–Crippen MR) is 67.6 cm³/mol. The van der Waals surface area contributed by atoms with Crippen molar-refractivity contribution in [3.63, 3.8) is 0 Å². The van der Waals surface area contributed by atoms with Crippen molar-refractivity contribution < 1.29 is 0 Å². The molecule has 0 aromatic heterocycles. The van der Waals surface area contributed by atoms with Gasteiger partial charge in [0.1, 0.15) is 0 Å². The van der Waals surface area contributed by atoms with E-state index in [4.69, 9.17) is 11.6 Å². The number of benzene rings is 1. The third-order valence-electron chi connectivity index (χ3n) is 2.57. The Morgan fingerprint density at radius 1 is 1.13 bits per heavy atom. The molecule has 15 heavy (non-hydrogen) atoms. The molecule has 1 atom stereocenters. The van der Waals surface area contributed by atoms with Crippen LogP contribution in [0.3, 0.4) is 0 Å². The summed E-state index contributed by atoms with van der Waals surface area (Å²) in [5.74, 6) is 0.591. The topological polar surface area (TPSA) is 12.0 Å². The molecule has 1 N–H and O–H groups in total. The first-order valence-corrected chi connectivity index (χ1v) is 5.96. The van der Waals surface area contributed by atoms with Gasteiger partial charge in [0.25, 0.3) is 0 Å². The summed E-state index contributed by atoms with van der Waals surface area (Å²) in [6.45, 7) is 7.67. The first-order chi connectivity index (χ1) is 7.09. The van der Waals surface area contributed by atoms with Gasteiger partial charge in [-0.25, -0.2) is 0 Å². The summed E-state index contributed by atoms with van der Waals surface area (Å²) >= 11 is 5.85. The van der Waals surface area contributed by atoms with E-state index < -0.39 is 0 Å². The van der Waals surface area contributed by atoms with Crippen molar-refractivity contribution in [3.05, 3.63) is 34.9 Å². The molecule has 0 heterocycles. The lowest BCUT2D eigenvalue weighted by Gasteiger charge is -2.14. The number of hydrogen-bond acceptors (Lipinski definition) is 1. The van der Waals surface area contributed by atoms with Crippen molar-refractivity contribution in [3.8, 4) is 0 Å². The molecule has 0 aliphatic carbocycles. The highest BCUT2D eigenvalue weighted by molar-refractivity contribution is 6.30. The zero-order valence-corrected chi connectivity index (χ0v) is 10.5. The summed E-state index contributed by atoms with van der Waals surface area (Å²) in [5.41, 5.74) is 1.37. The van der Waals surface area contributed by atoms with Crippen LogP contribution in [-0.4, -0.2) is 12.6 Å². The summed E-state index contributed by atoms with van der Waals surface area (Å²) in [6.07, 6.45) is 1.17. The monoisotopic (exact) mass is 225 g/mol. The van der Waals surface area contributed by atoms with Gasteiger partial charge >= 0.3 is 0 Å². The van der Waals surface area contributed by atoms with E-state index in [1.54, 1.807) is 0 Å². The van der Waals surface area contributed by atoms with Gasteiger partial charge in [-0.15, -0.1) is 0 Å². The van der Waals surface area contributed by atoms with Crippen molar-refractivity contribution in [2.45, 2.75) is 39.2 Å². The third-order valence-corrected chi connectivity index (χ3v) is 2.82. The molecule has 0 aliphatic rings. The quantitative estimate of drug-likeness (QED) is 0.803. The third kappa shape index (κ3) is 4.67. The molecule has 0 aliphatic heterocycles. The summed E-state index contributed by atoms with van der Waals surface area (Å²) in [4.78, 5) is 0. The molecule has 84 valence electrons. The van der Waals surface area contributed by atoms with Gasteiger partial charge in [0.15, 0.2) is 0 Å². The Kier molecular flexibility index (Phi) is 5.13. The van der Waals surface area contributed by atoms with E-state index >= 15 is 0 Å². The molecule has 1 aromatic rings. The summed E-state index contributed by atoms with van der Waals surface area (Å²) in [7, 11) is 0. The highest BCUT2D eigenvalue weighted by Gasteiger charge is 2.05. The van der Waals surface area contributed by atoms with Crippen LogP contribution in [0.4, 0.5) is 0 Å². The predicted octanol–water partition coefficient (Wildman–Crippen LogP) is 3.83. The van der Waals surface area contributed by atoms with E-state index in [0.717, 1.165) is 11.6 Å². The molecule has 0 saturated carbocycles. The first-order valence-electron chi connectivity index (χ1n) is 5.58. The molecule has 1 aromatic carbocycles. The molecule has 0 amide bonds. The van der Waals surface area contributed by atoms with Crippen molar-refractivity contribution in [2.75, 3.05) is 6.54 Å². The second kappa shape index (κ2) is 6.14.